The summed E-state index contributed by atoms with van der Waals surface area (Å²) in [4.78, 5) is 2.17. The summed E-state index contributed by atoms with van der Waals surface area (Å²) >= 11 is 0. The van der Waals surface area contributed by atoms with Crippen LogP contribution in [0.5, 0.6) is 0 Å². The van der Waals surface area contributed by atoms with E-state index < -0.39 is 0 Å². The van der Waals surface area contributed by atoms with Crippen LogP contribution in [0.1, 0.15) is 5.56 Å². The fourth-order valence-corrected chi connectivity index (χ4v) is 1.71. The number of nitrogens with one attached hydrogen (secondary N) is 1. The topological polar surface area (TPSA) is 33.1 Å². The Morgan fingerprint density at radius 2 is 2.00 bits per heavy atom. The van der Waals surface area contributed by atoms with E-state index >= 15 is 0 Å². The maximum atomic E-state index is 4.37. The molecule has 0 spiro atoms. The van der Waals surface area contributed by atoms with Crippen molar-refractivity contribution < 1.29 is 0 Å². The highest BCUT2D eigenvalue weighted by Crippen LogP contribution is 2.07. The average molecular weight is 244 g/mol. The highest BCUT2D eigenvalue weighted by molar-refractivity contribution is 5.30. The van der Waals surface area contributed by atoms with Gasteiger partial charge in [-0.15, -0.1) is 0 Å². The zero-order valence-electron chi connectivity index (χ0n) is 11.0. The number of aromatic nitrogens is 2. The molecular weight excluding hydrogens is 224 g/mol. The number of hydrogen-bond acceptors (Lipinski definition) is 3. The third-order valence-electron chi connectivity index (χ3n) is 2.72. The Morgan fingerprint density at radius 3 is 2.72 bits per heavy atom. The van der Waals surface area contributed by atoms with E-state index in [1.54, 1.807) is 0 Å². The number of nitrogens with zero attached hydrogens (tertiary/aromatic N) is 3. The largest absolute Gasteiger partial charge is 0.311 e. The van der Waals surface area contributed by atoms with Gasteiger partial charge in [0, 0.05) is 31.4 Å². The molecule has 0 radical (unpaired) electrons. The van der Waals surface area contributed by atoms with Crippen LogP contribution >= 0.6 is 0 Å². The van der Waals surface area contributed by atoms with Crippen molar-refractivity contribution in [3.63, 3.8) is 0 Å². The molecule has 1 aromatic heterocycles. The Hall–Kier alpha value is -1.65. The van der Waals surface area contributed by atoms with E-state index in [2.05, 4.69) is 47.7 Å². The van der Waals surface area contributed by atoms with E-state index in [-0.39, 0.29) is 0 Å². The Balaban J connectivity index is 1.87. The summed E-state index contributed by atoms with van der Waals surface area (Å²) in [5.41, 5.74) is 2.30. The van der Waals surface area contributed by atoms with E-state index in [4.69, 9.17) is 0 Å². The SMILES string of the molecule is CN(C)CCNCc1cnn(-c2ccccc2)c1. The molecule has 0 aliphatic rings. The molecule has 96 valence electrons. The van der Waals surface area contributed by atoms with Gasteiger partial charge in [-0.2, -0.15) is 5.10 Å². The van der Waals surface area contributed by atoms with Crippen molar-refractivity contribution >= 4 is 0 Å². The first-order valence-electron chi connectivity index (χ1n) is 6.20. The quantitative estimate of drug-likeness (QED) is 0.782. The summed E-state index contributed by atoms with van der Waals surface area (Å²) in [6, 6.07) is 10.2. The van der Waals surface area contributed by atoms with Crippen LogP contribution < -0.4 is 5.32 Å². The second kappa shape index (κ2) is 6.33. The first-order valence-corrected chi connectivity index (χ1v) is 6.20. The number of para-hydroxylation sites is 1. The normalized spacial score (nSPS) is 11.1. The maximum Gasteiger partial charge on any atom is 0.0645 e. The van der Waals surface area contributed by atoms with Crippen LogP contribution in [0.4, 0.5) is 0 Å². The standard InChI is InChI=1S/C14H20N4/c1-17(2)9-8-15-10-13-11-16-18(12-13)14-6-4-3-5-7-14/h3-7,11-12,15H,8-10H2,1-2H3. The van der Waals surface area contributed by atoms with Crippen molar-refractivity contribution in [3.8, 4) is 5.69 Å². The van der Waals surface area contributed by atoms with Crippen molar-refractivity contribution in [2.24, 2.45) is 0 Å². The number of likely N-dealkylation sites (N-methyl/N-ethyl adjacent to an activating group) is 1. The van der Waals surface area contributed by atoms with Gasteiger partial charge in [0.15, 0.2) is 0 Å². The maximum absolute atomic E-state index is 4.37. The smallest absolute Gasteiger partial charge is 0.0645 e. The molecule has 1 N–H and O–H groups in total. The summed E-state index contributed by atoms with van der Waals surface area (Å²) in [6.45, 7) is 2.90. The Labute approximate surface area is 108 Å². The zero-order valence-corrected chi connectivity index (χ0v) is 11.0. The van der Waals surface area contributed by atoms with Crippen LogP contribution in [0.2, 0.25) is 0 Å². The lowest BCUT2D eigenvalue weighted by molar-refractivity contribution is 0.400. The molecule has 0 aliphatic heterocycles. The molecule has 0 bridgehead atoms. The molecule has 2 aromatic rings. The fourth-order valence-electron chi connectivity index (χ4n) is 1.71. The predicted octanol–water partition coefficient (Wildman–Crippen LogP) is 1.52. The Bertz CT molecular complexity index is 462. The minimum Gasteiger partial charge on any atom is -0.311 e. The lowest BCUT2D eigenvalue weighted by atomic mass is 10.3. The third-order valence-corrected chi connectivity index (χ3v) is 2.72. The van der Waals surface area contributed by atoms with E-state index in [1.807, 2.05) is 29.1 Å². The number of rotatable bonds is 6. The van der Waals surface area contributed by atoms with Crippen LogP contribution in [-0.4, -0.2) is 41.9 Å². The minimum atomic E-state index is 0.862. The molecule has 0 fully saturated rings. The van der Waals surface area contributed by atoms with E-state index in [0.29, 0.717) is 0 Å². The van der Waals surface area contributed by atoms with Crippen LogP contribution in [0.15, 0.2) is 42.7 Å². The molecule has 0 unspecified atom stereocenters. The van der Waals surface area contributed by atoms with Gasteiger partial charge in [-0.1, -0.05) is 18.2 Å². The number of hydrogen-bond donors (Lipinski definition) is 1. The van der Waals surface area contributed by atoms with Gasteiger partial charge < -0.3 is 10.2 Å². The average Bonchev–Trinajstić information content (AvgIpc) is 2.84. The van der Waals surface area contributed by atoms with E-state index in [0.717, 1.165) is 25.3 Å². The van der Waals surface area contributed by atoms with Gasteiger partial charge in [0.25, 0.3) is 0 Å². The van der Waals surface area contributed by atoms with Crippen molar-refractivity contribution in [2.45, 2.75) is 6.54 Å². The van der Waals surface area contributed by atoms with Gasteiger partial charge in [0.2, 0.25) is 0 Å². The van der Waals surface area contributed by atoms with Crippen molar-refractivity contribution in [2.75, 3.05) is 27.2 Å². The molecule has 18 heavy (non-hydrogen) atoms. The van der Waals surface area contributed by atoms with Gasteiger partial charge in [-0.3, -0.25) is 0 Å². The highest BCUT2D eigenvalue weighted by atomic mass is 15.3. The number of benzene rings is 1. The summed E-state index contributed by atoms with van der Waals surface area (Å²) in [7, 11) is 4.16. The van der Waals surface area contributed by atoms with Crippen LogP contribution in [-0.2, 0) is 6.54 Å². The molecule has 0 aliphatic carbocycles. The van der Waals surface area contributed by atoms with E-state index in [1.165, 1.54) is 5.56 Å². The van der Waals surface area contributed by atoms with E-state index in [9.17, 15) is 0 Å². The van der Waals surface area contributed by atoms with Crippen molar-refractivity contribution in [1.82, 2.24) is 20.0 Å². The van der Waals surface area contributed by atoms with Gasteiger partial charge >= 0.3 is 0 Å². The Kier molecular flexibility index (Phi) is 4.50. The van der Waals surface area contributed by atoms with Gasteiger partial charge in [-0.25, -0.2) is 4.68 Å². The fraction of sp³-hybridized carbons (Fsp3) is 0.357. The summed E-state index contributed by atoms with van der Waals surface area (Å²) in [5, 5.41) is 7.77. The van der Waals surface area contributed by atoms with Crippen molar-refractivity contribution in [3.05, 3.63) is 48.3 Å². The van der Waals surface area contributed by atoms with Crippen molar-refractivity contribution in [1.29, 1.82) is 0 Å². The molecule has 0 saturated heterocycles. The third kappa shape index (κ3) is 3.68. The molecular formula is C14H20N4. The first kappa shape index (κ1) is 12.8. The van der Waals surface area contributed by atoms with Crippen LogP contribution in [0, 0.1) is 0 Å². The zero-order chi connectivity index (χ0) is 12.8. The lowest BCUT2D eigenvalue weighted by Crippen LogP contribution is -2.26. The molecule has 0 atom stereocenters. The predicted molar refractivity (Wildman–Crippen MR) is 73.8 cm³/mol. The first-order chi connectivity index (χ1) is 8.75. The van der Waals surface area contributed by atoms with Crippen LogP contribution in [0.3, 0.4) is 0 Å². The van der Waals surface area contributed by atoms with Gasteiger partial charge in [0.05, 0.1) is 11.9 Å². The molecule has 4 heteroatoms. The monoisotopic (exact) mass is 244 g/mol. The molecule has 0 amide bonds. The molecule has 1 aromatic carbocycles. The van der Waals surface area contributed by atoms with Crippen LogP contribution in [0.25, 0.3) is 5.69 Å². The molecule has 0 saturated carbocycles. The summed E-state index contributed by atoms with van der Waals surface area (Å²) in [5.74, 6) is 0. The lowest BCUT2D eigenvalue weighted by Gasteiger charge is -2.09. The minimum absolute atomic E-state index is 0.862. The summed E-state index contributed by atoms with van der Waals surface area (Å²) < 4.78 is 1.91. The van der Waals surface area contributed by atoms with Gasteiger partial charge in [0.1, 0.15) is 0 Å². The summed E-state index contributed by atoms with van der Waals surface area (Å²) in [6.07, 6.45) is 3.98. The Morgan fingerprint density at radius 1 is 1.22 bits per heavy atom. The second-order valence-electron chi connectivity index (χ2n) is 4.61. The second-order valence-corrected chi connectivity index (χ2v) is 4.61. The molecule has 2 rings (SSSR count). The van der Waals surface area contributed by atoms with Gasteiger partial charge in [-0.05, 0) is 26.2 Å². The molecule has 4 nitrogen and oxygen atoms in total. The highest BCUT2D eigenvalue weighted by Gasteiger charge is 2.00. The molecule has 1 heterocycles.